The van der Waals surface area contributed by atoms with Crippen molar-refractivity contribution in [2.75, 3.05) is 7.11 Å². The van der Waals surface area contributed by atoms with E-state index in [0.717, 1.165) is 45.1 Å². The summed E-state index contributed by atoms with van der Waals surface area (Å²) in [5.74, 6) is 2.15. The molecule has 0 amide bonds. The molecule has 208 valence electrons. The van der Waals surface area contributed by atoms with Gasteiger partial charge in [0.05, 0.1) is 41.2 Å². The first kappa shape index (κ1) is 25.5. The van der Waals surface area contributed by atoms with Crippen molar-refractivity contribution in [3.8, 4) is 23.2 Å². The van der Waals surface area contributed by atoms with Gasteiger partial charge < -0.3 is 14.3 Å². The van der Waals surface area contributed by atoms with Crippen molar-refractivity contribution in [1.82, 2.24) is 29.4 Å². The van der Waals surface area contributed by atoms with Gasteiger partial charge in [-0.1, -0.05) is 53.7 Å². The Morgan fingerprint density at radius 3 is 2.40 bits per heavy atom. The highest BCUT2D eigenvalue weighted by atomic mass is 16.6. The highest BCUT2D eigenvalue weighted by Gasteiger charge is 2.38. The van der Waals surface area contributed by atoms with E-state index in [1.54, 1.807) is 18.0 Å². The van der Waals surface area contributed by atoms with Crippen LogP contribution >= 0.6 is 0 Å². The molecule has 7 rings (SSSR count). The number of benzene rings is 3. The lowest BCUT2D eigenvalue weighted by atomic mass is 9.84. The molecule has 1 aliphatic heterocycles. The second-order valence-corrected chi connectivity index (χ2v) is 9.94. The zero-order valence-corrected chi connectivity index (χ0v) is 23.3. The largest absolute Gasteiger partial charge is 0.497 e. The molecule has 1 unspecified atom stereocenters. The van der Waals surface area contributed by atoms with Crippen molar-refractivity contribution < 1.29 is 14.3 Å². The fourth-order valence-electron chi connectivity index (χ4n) is 5.28. The third kappa shape index (κ3) is 4.43. The molecule has 10 heteroatoms. The molecule has 0 saturated carbocycles. The molecule has 0 radical (unpaired) electrons. The fraction of sp³-hybridized carbons (Fsp3) is 0.156. The Morgan fingerprint density at radius 2 is 1.67 bits per heavy atom. The van der Waals surface area contributed by atoms with Crippen molar-refractivity contribution in [2.24, 2.45) is 5.16 Å². The predicted molar refractivity (Wildman–Crippen MR) is 157 cm³/mol. The molecule has 1 aliphatic rings. The molecule has 1 atom stereocenters. The monoisotopic (exact) mass is 557 g/mol. The van der Waals surface area contributed by atoms with Crippen LogP contribution in [-0.4, -0.2) is 42.2 Å². The van der Waals surface area contributed by atoms with E-state index < -0.39 is 0 Å². The van der Waals surface area contributed by atoms with Crippen LogP contribution in [0.1, 0.15) is 46.6 Å². The van der Waals surface area contributed by atoms with Crippen molar-refractivity contribution >= 4 is 11.4 Å². The van der Waals surface area contributed by atoms with E-state index in [9.17, 15) is 0 Å². The van der Waals surface area contributed by atoms with Crippen LogP contribution in [0.2, 0.25) is 0 Å². The lowest BCUT2D eigenvalue weighted by Crippen LogP contribution is -2.16. The van der Waals surface area contributed by atoms with Gasteiger partial charge in [0.2, 0.25) is 11.8 Å². The summed E-state index contributed by atoms with van der Waals surface area (Å²) in [4.78, 5) is 15.2. The zero-order valence-electron chi connectivity index (χ0n) is 23.3. The van der Waals surface area contributed by atoms with E-state index in [1.807, 2.05) is 91.3 Å². The minimum Gasteiger partial charge on any atom is -0.497 e. The van der Waals surface area contributed by atoms with Gasteiger partial charge in [-0.2, -0.15) is 5.10 Å². The van der Waals surface area contributed by atoms with Crippen molar-refractivity contribution in [3.05, 3.63) is 125 Å². The molecule has 42 heavy (non-hydrogen) atoms. The summed E-state index contributed by atoms with van der Waals surface area (Å²) >= 11 is 0. The minimum atomic E-state index is -0.216. The average molecular weight is 558 g/mol. The third-order valence-corrected chi connectivity index (χ3v) is 7.30. The quantitative estimate of drug-likeness (QED) is 0.179. The summed E-state index contributed by atoms with van der Waals surface area (Å²) in [5, 5.41) is 13.8. The first-order valence-electron chi connectivity index (χ1n) is 13.5. The third-order valence-electron chi connectivity index (χ3n) is 7.30. The Kier molecular flexibility index (Phi) is 6.35. The van der Waals surface area contributed by atoms with Crippen molar-refractivity contribution in [1.29, 1.82) is 0 Å². The molecule has 3 aromatic carbocycles. The smallest absolute Gasteiger partial charge is 0.230 e. The number of hydrogen-bond donors (Lipinski definition) is 0. The number of hydrogen-bond acceptors (Lipinski definition) is 8. The summed E-state index contributed by atoms with van der Waals surface area (Å²) in [6.45, 7) is 3.98. The second kappa shape index (κ2) is 10.5. The van der Waals surface area contributed by atoms with Crippen molar-refractivity contribution in [2.45, 2.75) is 26.4 Å². The number of ether oxygens (including phenoxy) is 2. The number of para-hydroxylation sites is 1. The highest BCUT2D eigenvalue weighted by molar-refractivity contribution is 5.98. The first-order chi connectivity index (χ1) is 20.6. The number of methoxy groups -OCH3 is 1. The second-order valence-electron chi connectivity index (χ2n) is 9.94. The van der Waals surface area contributed by atoms with Crippen LogP contribution in [0.25, 0.3) is 11.3 Å². The molecule has 0 bridgehead atoms. The van der Waals surface area contributed by atoms with Crippen LogP contribution in [0.3, 0.4) is 0 Å². The molecule has 0 aliphatic carbocycles. The SMILES string of the molecule is COc1ccc(/C(C)=N/OCc2nc3c4c(ncn3n2)Oc2c(c(C)nn2-c2ccccc2)C4c2ccccc2)cc1. The predicted octanol–water partition coefficient (Wildman–Crippen LogP) is 5.85. The van der Waals surface area contributed by atoms with Gasteiger partial charge in [-0.25, -0.2) is 19.2 Å². The molecule has 6 aromatic rings. The van der Waals surface area contributed by atoms with Crippen LogP contribution < -0.4 is 9.47 Å². The molecular weight excluding hydrogens is 530 g/mol. The Bertz CT molecular complexity index is 1910. The average Bonchev–Trinajstić information content (AvgIpc) is 3.61. The summed E-state index contributed by atoms with van der Waals surface area (Å²) in [6, 6.07) is 27.8. The van der Waals surface area contributed by atoms with Gasteiger partial charge >= 0.3 is 0 Å². The maximum absolute atomic E-state index is 6.48. The highest BCUT2D eigenvalue weighted by Crippen LogP contribution is 2.49. The topological polar surface area (TPSA) is 101 Å². The number of rotatable bonds is 7. The van der Waals surface area contributed by atoms with E-state index in [-0.39, 0.29) is 12.5 Å². The van der Waals surface area contributed by atoms with Gasteiger partial charge in [0.15, 0.2) is 18.1 Å². The van der Waals surface area contributed by atoms with Gasteiger partial charge in [-0.15, -0.1) is 5.10 Å². The summed E-state index contributed by atoms with van der Waals surface area (Å²) in [6.07, 6.45) is 1.61. The van der Waals surface area contributed by atoms with Crippen LogP contribution in [0, 0.1) is 6.92 Å². The summed E-state index contributed by atoms with van der Waals surface area (Å²) in [5.41, 5.74) is 6.94. The van der Waals surface area contributed by atoms with E-state index in [1.165, 1.54) is 0 Å². The number of oxime groups is 1. The normalized spacial score (nSPS) is 14.3. The lowest BCUT2D eigenvalue weighted by Gasteiger charge is -2.26. The molecule has 10 nitrogen and oxygen atoms in total. The molecule has 0 N–H and O–H groups in total. The maximum Gasteiger partial charge on any atom is 0.230 e. The molecule has 0 saturated heterocycles. The van der Waals surface area contributed by atoms with Crippen molar-refractivity contribution in [3.63, 3.8) is 0 Å². The van der Waals surface area contributed by atoms with E-state index in [4.69, 9.17) is 24.4 Å². The molecule has 0 spiro atoms. The summed E-state index contributed by atoms with van der Waals surface area (Å²) < 4.78 is 15.2. The van der Waals surface area contributed by atoms with Gasteiger partial charge in [-0.3, -0.25) is 0 Å². The van der Waals surface area contributed by atoms with E-state index in [0.29, 0.717) is 23.2 Å². The summed E-state index contributed by atoms with van der Waals surface area (Å²) in [7, 11) is 1.64. The van der Waals surface area contributed by atoms with Gasteiger partial charge in [-0.05, 0) is 61.4 Å². The van der Waals surface area contributed by atoms with E-state index in [2.05, 4.69) is 27.4 Å². The van der Waals surface area contributed by atoms with Gasteiger partial charge in [0.25, 0.3) is 0 Å². The molecule has 4 heterocycles. The number of fused-ring (bicyclic) bond motifs is 4. The number of aryl methyl sites for hydroxylation is 1. The van der Waals surface area contributed by atoms with Gasteiger partial charge in [0, 0.05) is 0 Å². The molecular formula is C32H27N7O3. The lowest BCUT2D eigenvalue weighted by molar-refractivity contribution is 0.125. The Balaban J connectivity index is 1.26. The Labute approximate surface area is 241 Å². The Hall–Kier alpha value is -5.51. The fourth-order valence-corrected chi connectivity index (χ4v) is 5.28. The van der Waals surface area contributed by atoms with Gasteiger partial charge in [0.1, 0.15) is 12.1 Å². The molecule has 0 fully saturated rings. The first-order valence-corrected chi connectivity index (χ1v) is 13.5. The molecule has 3 aromatic heterocycles. The zero-order chi connectivity index (χ0) is 28.6. The van der Waals surface area contributed by atoms with Crippen LogP contribution in [-0.2, 0) is 11.4 Å². The standard InChI is InChI=1S/C32H27N7O3/c1-20(22-14-16-25(40-3)17-15-22)37-41-18-26-34-30-29-28(23-10-6-4-7-11-23)27-21(2)35-39(24-12-8-5-9-13-24)32(27)42-31(29)33-19-38(30)36-26/h4-17,19,28H,18H2,1-3H3/b37-20+. The van der Waals surface area contributed by atoms with Crippen LogP contribution in [0.5, 0.6) is 17.5 Å². The maximum atomic E-state index is 6.48. The van der Waals surface area contributed by atoms with Crippen LogP contribution in [0.4, 0.5) is 0 Å². The minimum absolute atomic E-state index is 0.0943. The van der Waals surface area contributed by atoms with Crippen LogP contribution in [0.15, 0.2) is 96.4 Å². The number of aromatic nitrogens is 6. The number of nitrogens with zero attached hydrogens (tertiary/aromatic N) is 7. The van der Waals surface area contributed by atoms with E-state index >= 15 is 0 Å². The Morgan fingerprint density at radius 1 is 0.929 bits per heavy atom.